The fourth-order valence-corrected chi connectivity index (χ4v) is 5.03. The maximum absolute atomic E-state index is 12.6. The van der Waals surface area contributed by atoms with E-state index < -0.39 is 9.84 Å². The van der Waals surface area contributed by atoms with Gasteiger partial charge in [0.2, 0.25) is 5.91 Å². The van der Waals surface area contributed by atoms with Gasteiger partial charge in [-0.1, -0.05) is 32.9 Å². The minimum atomic E-state index is -3.08. The summed E-state index contributed by atoms with van der Waals surface area (Å²) in [6.07, 6.45) is 0.555. The summed E-state index contributed by atoms with van der Waals surface area (Å²) in [5, 5.41) is 5.89. The number of benzene rings is 1. The van der Waals surface area contributed by atoms with Gasteiger partial charge in [0.1, 0.15) is 0 Å². The van der Waals surface area contributed by atoms with E-state index in [4.69, 9.17) is 0 Å². The fraction of sp³-hybridized carbons (Fsp3) is 0.600. The largest absolute Gasteiger partial charge is 0.352 e. The molecule has 0 spiro atoms. The van der Waals surface area contributed by atoms with Crippen LogP contribution in [-0.4, -0.2) is 68.4 Å². The standard InChI is InChI=1S/C20H31N3O4S/c1-20(2,3)16-8-6-15(7-9-16)19(25)21-12-10-18(24)23(22(4)5)17-11-13-28(26,27)14-17/h6-9,17H,10-14H2,1-5H3,(H,21,25). The number of hydrogen-bond donors (Lipinski definition) is 1. The summed E-state index contributed by atoms with van der Waals surface area (Å²) in [5.41, 5.74) is 1.71. The SMILES string of the molecule is CN(C)N(C(=O)CCNC(=O)c1ccc(C(C)(C)C)cc1)C1CCS(=O)(=O)C1. The predicted octanol–water partition coefficient (Wildman–Crippen LogP) is 1.60. The van der Waals surface area contributed by atoms with E-state index in [-0.39, 0.29) is 47.7 Å². The molecule has 2 rings (SSSR count). The smallest absolute Gasteiger partial charge is 0.251 e. The van der Waals surface area contributed by atoms with Gasteiger partial charge in [0.05, 0.1) is 17.5 Å². The molecule has 1 unspecified atom stereocenters. The van der Waals surface area contributed by atoms with Gasteiger partial charge in [0, 0.05) is 32.6 Å². The topological polar surface area (TPSA) is 86.8 Å². The number of nitrogens with one attached hydrogen (secondary N) is 1. The van der Waals surface area contributed by atoms with E-state index in [1.54, 1.807) is 31.2 Å². The lowest BCUT2D eigenvalue weighted by Gasteiger charge is -2.33. The molecular formula is C20H31N3O4S. The molecule has 7 nitrogen and oxygen atoms in total. The van der Waals surface area contributed by atoms with Crippen LogP contribution in [0.4, 0.5) is 0 Å². The van der Waals surface area contributed by atoms with Crippen molar-refractivity contribution in [2.24, 2.45) is 0 Å². The molecule has 0 saturated carbocycles. The zero-order valence-electron chi connectivity index (χ0n) is 17.4. The van der Waals surface area contributed by atoms with Crippen LogP contribution < -0.4 is 5.32 Å². The van der Waals surface area contributed by atoms with Crippen LogP contribution in [0.25, 0.3) is 0 Å². The van der Waals surface area contributed by atoms with Crippen LogP contribution in [-0.2, 0) is 20.0 Å². The van der Waals surface area contributed by atoms with Gasteiger partial charge in [-0.2, -0.15) is 0 Å². The molecule has 1 fully saturated rings. The molecule has 1 aromatic carbocycles. The first-order chi connectivity index (χ1) is 12.9. The van der Waals surface area contributed by atoms with Crippen molar-refractivity contribution in [3.63, 3.8) is 0 Å². The Morgan fingerprint density at radius 2 is 1.75 bits per heavy atom. The third-order valence-corrected chi connectivity index (χ3v) is 6.63. The van der Waals surface area contributed by atoms with Crippen LogP contribution in [0.2, 0.25) is 0 Å². The Hall–Kier alpha value is -1.93. The molecule has 8 heteroatoms. The van der Waals surface area contributed by atoms with E-state index in [1.807, 2.05) is 12.1 Å². The summed E-state index contributed by atoms with van der Waals surface area (Å²) in [6, 6.07) is 7.11. The molecule has 0 aromatic heterocycles. The zero-order chi connectivity index (χ0) is 21.1. The van der Waals surface area contributed by atoms with E-state index >= 15 is 0 Å². The van der Waals surface area contributed by atoms with Crippen LogP contribution in [0.5, 0.6) is 0 Å². The number of hydrazine groups is 1. The lowest BCUT2D eigenvalue weighted by Crippen LogP contribution is -2.50. The van der Waals surface area contributed by atoms with Crippen molar-refractivity contribution in [3.8, 4) is 0 Å². The Bertz CT molecular complexity index is 811. The van der Waals surface area contributed by atoms with Gasteiger partial charge in [-0.25, -0.2) is 13.4 Å². The molecule has 0 bridgehead atoms. The van der Waals surface area contributed by atoms with Gasteiger partial charge in [-0.05, 0) is 29.5 Å². The molecule has 1 aromatic rings. The number of sulfone groups is 1. The Morgan fingerprint density at radius 3 is 2.21 bits per heavy atom. The lowest BCUT2D eigenvalue weighted by molar-refractivity contribution is -0.148. The summed E-state index contributed by atoms with van der Waals surface area (Å²) in [4.78, 5) is 24.9. The molecule has 1 aliphatic heterocycles. The number of nitrogens with zero attached hydrogens (tertiary/aromatic N) is 2. The molecule has 0 aliphatic carbocycles. The van der Waals surface area contributed by atoms with Crippen molar-refractivity contribution < 1.29 is 18.0 Å². The van der Waals surface area contributed by atoms with Crippen molar-refractivity contribution in [1.29, 1.82) is 0 Å². The molecule has 28 heavy (non-hydrogen) atoms. The quantitative estimate of drug-likeness (QED) is 0.721. The van der Waals surface area contributed by atoms with Gasteiger partial charge < -0.3 is 5.32 Å². The molecule has 1 N–H and O–H groups in total. The lowest BCUT2D eigenvalue weighted by atomic mass is 9.87. The number of carbonyl (C=O) groups excluding carboxylic acids is 2. The number of amides is 2. The monoisotopic (exact) mass is 409 g/mol. The minimum absolute atomic E-state index is 0.0105. The van der Waals surface area contributed by atoms with Crippen LogP contribution in [0, 0.1) is 0 Å². The molecule has 2 amide bonds. The normalized spacial score (nSPS) is 18.9. The maximum atomic E-state index is 12.6. The van der Waals surface area contributed by atoms with Crippen molar-refractivity contribution in [1.82, 2.24) is 15.3 Å². The minimum Gasteiger partial charge on any atom is -0.352 e. The Labute approximate surface area is 168 Å². The van der Waals surface area contributed by atoms with E-state index in [2.05, 4.69) is 26.1 Å². The first-order valence-electron chi connectivity index (χ1n) is 9.49. The number of hydrogen-bond acceptors (Lipinski definition) is 5. The van der Waals surface area contributed by atoms with E-state index in [1.165, 1.54) is 5.01 Å². The van der Waals surface area contributed by atoms with Crippen molar-refractivity contribution in [3.05, 3.63) is 35.4 Å². The summed E-state index contributed by atoms with van der Waals surface area (Å²) < 4.78 is 23.4. The highest BCUT2D eigenvalue weighted by Crippen LogP contribution is 2.22. The third-order valence-electron chi connectivity index (χ3n) is 4.88. The van der Waals surface area contributed by atoms with Crippen LogP contribution >= 0.6 is 0 Å². The van der Waals surface area contributed by atoms with E-state index in [9.17, 15) is 18.0 Å². The highest BCUT2D eigenvalue weighted by atomic mass is 32.2. The van der Waals surface area contributed by atoms with Gasteiger partial charge >= 0.3 is 0 Å². The predicted molar refractivity (Wildman–Crippen MR) is 110 cm³/mol. The van der Waals surface area contributed by atoms with Gasteiger partial charge in [-0.3, -0.25) is 14.6 Å². The van der Waals surface area contributed by atoms with Crippen molar-refractivity contribution in [2.45, 2.75) is 45.1 Å². The molecule has 1 aliphatic rings. The Balaban J connectivity index is 1.90. The van der Waals surface area contributed by atoms with Crippen LogP contribution in [0.15, 0.2) is 24.3 Å². The average molecular weight is 410 g/mol. The summed E-state index contributed by atoms with van der Waals surface area (Å²) >= 11 is 0. The second-order valence-corrected chi connectivity index (χ2v) is 10.7. The maximum Gasteiger partial charge on any atom is 0.251 e. The Kier molecular flexibility index (Phi) is 6.88. The number of rotatable bonds is 6. The van der Waals surface area contributed by atoms with Crippen LogP contribution in [0.3, 0.4) is 0 Å². The first kappa shape index (κ1) is 22.4. The second-order valence-electron chi connectivity index (χ2n) is 8.48. The summed E-state index contributed by atoms with van der Waals surface area (Å²) in [5.74, 6) is -0.330. The molecule has 0 radical (unpaired) electrons. The highest BCUT2D eigenvalue weighted by molar-refractivity contribution is 7.91. The highest BCUT2D eigenvalue weighted by Gasteiger charge is 2.35. The zero-order valence-corrected chi connectivity index (χ0v) is 18.2. The molecule has 156 valence electrons. The number of carbonyl (C=O) groups is 2. The van der Waals surface area contributed by atoms with Gasteiger partial charge in [-0.15, -0.1) is 0 Å². The van der Waals surface area contributed by atoms with Crippen LogP contribution in [0.1, 0.15) is 49.5 Å². The van der Waals surface area contributed by atoms with Gasteiger partial charge in [0.15, 0.2) is 9.84 Å². The Morgan fingerprint density at radius 1 is 1.14 bits per heavy atom. The molecule has 1 heterocycles. The summed E-state index contributed by atoms with van der Waals surface area (Å²) in [6.45, 7) is 6.53. The van der Waals surface area contributed by atoms with E-state index in [0.717, 1.165) is 5.56 Å². The molecule has 1 atom stereocenters. The molecule has 1 saturated heterocycles. The van der Waals surface area contributed by atoms with Crippen molar-refractivity contribution in [2.75, 3.05) is 32.1 Å². The first-order valence-corrected chi connectivity index (χ1v) is 11.3. The van der Waals surface area contributed by atoms with Crippen molar-refractivity contribution >= 4 is 21.7 Å². The average Bonchev–Trinajstić information content (AvgIpc) is 2.93. The second kappa shape index (κ2) is 8.61. The third kappa shape index (κ3) is 5.78. The van der Waals surface area contributed by atoms with Gasteiger partial charge in [0.25, 0.3) is 5.91 Å². The fourth-order valence-electron chi connectivity index (χ4n) is 3.34. The van der Waals surface area contributed by atoms with E-state index in [0.29, 0.717) is 12.0 Å². The molecular weight excluding hydrogens is 378 g/mol. The summed E-state index contributed by atoms with van der Waals surface area (Å²) in [7, 11) is 0.359.